The predicted molar refractivity (Wildman–Crippen MR) is 99.2 cm³/mol. The van der Waals surface area contributed by atoms with Crippen molar-refractivity contribution in [3.63, 3.8) is 0 Å². The van der Waals surface area contributed by atoms with E-state index in [1.165, 1.54) is 6.08 Å². The van der Waals surface area contributed by atoms with Crippen molar-refractivity contribution in [2.24, 2.45) is 5.41 Å². The first kappa shape index (κ1) is 21.5. The summed E-state index contributed by atoms with van der Waals surface area (Å²) in [6, 6.07) is 5.35. The molecule has 0 bridgehead atoms. The number of hydrogen-bond donors (Lipinski definition) is 0. The standard InChI is InChI=1S/C20H28O6/c1-6-20(3,4)19(22)26-13-12-25-18(21)11-9-15-8-10-16(23-5)17(14-15)24-7-2/h8-11,14H,6-7,12-13H2,1-5H3/b11-9+. The van der Waals surface area contributed by atoms with Crippen LogP contribution in [0.1, 0.15) is 39.7 Å². The van der Waals surface area contributed by atoms with Gasteiger partial charge in [0.2, 0.25) is 0 Å². The maximum Gasteiger partial charge on any atom is 0.330 e. The van der Waals surface area contributed by atoms with Gasteiger partial charge in [-0.25, -0.2) is 4.79 Å². The van der Waals surface area contributed by atoms with Crippen LogP contribution in [0.2, 0.25) is 0 Å². The van der Waals surface area contributed by atoms with Gasteiger partial charge >= 0.3 is 11.9 Å². The molecule has 1 rings (SSSR count). The highest BCUT2D eigenvalue weighted by Crippen LogP contribution is 2.28. The minimum atomic E-state index is -0.531. The quantitative estimate of drug-likeness (QED) is 0.359. The monoisotopic (exact) mass is 364 g/mol. The summed E-state index contributed by atoms with van der Waals surface area (Å²) in [6.45, 7) is 8.00. The van der Waals surface area contributed by atoms with E-state index in [1.807, 2.05) is 27.7 Å². The fourth-order valence-electron chi connectivity index (χ4n) is 1.89. The van der Waals surface area contributed by atoms with Crippen molar-refractivity contribution in [1.82, 2.24) is 0 Å². The van der Waals surface area contributed by atoms with Gasteiger partial charge in [0, 0.05) is 6.08 Å². The molecule has 0 unspecified atom stereocenters. The van der Waals surface area contributed by atoms with E-state index in [0.717, 1.165) is 5.56 Å². The van der Waals surface area contributed by atoms with E-state index < -0.39 is 11.4 Å². The number of ether oxygens (including phenoxy) is 4. The van der Waals surface area contributed by atoms with E-state index in [9.17, 15) is 9.59 Å². The Labute approximate surface area is 155 Å². The lowest BCUT2D eigenvalue weighted by Crippen LogP contribution is -2.27. The molecule has 0 N–H and O–H groups in total. The van der Waals surface area contributed by atoms with Crippen LogP contribution in [0.3, 0.4) is 0 Å². The van der Waals surface area contributed by atoms with Crippen molar-refractivity contribution in [2.75, 3.05) is 26.9 Å². The van der Waals surface area contributed by atoms with E-state index in [0.29, 0.717) is 24.5 Å². The first-order valence-electron chi connectivity index (χ1n) is 8.67. The van der Waals surface area contributed by atoms with Crippen LogP contribution in [0.4, 0.5) is 0 Å². The summed E-state index contributed by atoms with van der Waals surface area (Å²) < 4.78 is 20.8. The van der Waals surface area contributed by atoms with Crippen LogP contribution in [0.5, 0.6) is 11.5 Å². The summed E-state index contributed by atoms with van der Waals surface area (Å²) in [5, 5.41) is 0. The van der Waals surface area contributed by atoms with Crippen molar-refractivity contribution < 1.29 is 28.5 Å². The molecule has 0 aromatic heterocycles. The van der Waals surface area contributed by atoms with E-state index in [4.69, 9.17) is 18.9 Å². The Balaban J connectivity index is 2.48. The molecule has 0 aliphatic carbocycles. The van der Waals surface area contributed by atoms with Crippen molar-refractivity contribution in [3.8, 4) is 11.5 Å². The Bertz CT molecular complexity index is 633. The topological polar surface area (TPSA) is 71.1 Å². The summed E-state index contributed by atoms with van der Waals surface area (Å²) in [5.41, 5.74) is 0.249. The SMILES string of the molecule is CCOc1cc(/C=C/C(=O)OCCOC(=O)C(C)(C)CC)ccc1OC. The van der Waals surface area contributed by atoms with Crippen molar-refractivity contribution in [2.45, 2.75) is 34.1 Å². The molecular formula is C20H28O6. The Kier molecular flexibility index (Phi) is 8.68. The molecule has 0 atom stereocenters. The minimum absolute atomic E-state index is 0.0154. The molecule has 0 aliphatic heterocycles. The summed E-state index contributed by atoms with van der Waals surface area (Å²) >= 11 is 0. The zero-order valence-electron chi connectivity index (χ0n) is 16.2. The normalized spacial score (nSPS) is 11.3. The van der Waals surface area contributed by atoms with E-state index in [-0.39, 0.29) is 19.2 Å². The van der Waals surface area contributed by atoms with Gasteiger partial charge in [-0.3, -0.25) is 4.79 Å². The molecule has 0 radical (unpaired) electrons. The van der Waals surface area contributed by atoms with Gasteiger partial charge in [-0.1, -0.05) is 13.0 Å². The lowest BCUT2D eigenvalue weighted by Gasteiger charge is -2.20. The molecule has 0 aliphatic rings. The third kappa shape index (κ3) is 6.78. The Hall–Kier alpha value is -2.50. The number of methoxy groups -OCH3 is 1. The van der Waals surface area contributed by atoms with Crippen molar-refractivity contribution in [3.05, 3.63) is 29.8 Å². The molecule has 1 aromatic rings. The zero-order chi connectivity index (χ0) is 19.6. The van der Waals surface area contributed by atoms with Gasteiger partial charge in [-0.05, 0) is 51.0 Å². The second-order valence-corrected chi connectivity index (χ2v) is 6.22. The van der Waals surface area contributed by atoms with Crippen LogP contribution in [0, 0.1) is 5.41 Å². The van der Waals surface area contributed by atoms with Gasteiger partial charge in [0.25, 0.3) is 0 Å². The third-order valence-electron chi connectivity index (χ3n) is 3.90. The van der Waals surface area contributed by atoms with Crippen molar-refractivity contribution in [1.29, 1.82) is 0 Å². The number of carbonyl (C=O) groups excluding carboxylic acids is 2. The molecule has 6 nitrogen and oxygen atoms in total. The molecule has 0 fully saturated rings. The fraction of sp³-hybridized carbons (Fsp3) is 0.500. The third-order valence-corrected chi connectivity index (χ3v) is 3.90. The van der Waals surface area contributed by atoms with Gasteiger partial charge in [0.05, 0.1) is 19.1 Å². The molecule has 26 heavy (non-hydrogen) atoms. The average Bonchev–Trinajstić information content (AvgIpc) is 2.63. The highest BCUT2D eigenvalue weighted by molar-refractivity contribution is 5.87. The van der Waals surface area contributed by atoms with Crippen LogP contribution in [0.15, 0.2) is 24.3 Å². The first-order chi connectivity index (χ1) is 12.3. The lowest BCUT2D eigenvalue weighted by atomic mass is 9.91. The van der Waals surface area contributed by atoms with Gasteiger partial charge in [0.1, 0.15) is 13.2 Å². The van der Waals surface area contributed by atoms with E-state index >= 15 is 0 Å². The second-order valence-electron chi connectivity index (χ2n) is 6.22. The molecule has 0 amide bonds. The molecule has 0 spiro atoms. The molecule has 144 valence electrons. The lowest BCUT2D eigenvalue weighted by molar-refractivity contribution is -0.157. The fourth-order valence-corrected chi connectivity index (χ4v) is 1.89. The summed E-state index contributed by atoms with van der Waals surface area (Å²) in [5.74, 6) is 0.428. The molecule has 0 saturated carbocycles. The van der Waals surface area contributed by atoms with Crippen LogP contribution < -0.4 is 9.47 Å². The maximum atomic E-state index is 11.8. The second kappa shape index (κ2) is 10.5. The number of carbonyl (C=O) groups is 2. The molecular weight excluding hydrogens is 336 g/mol. The maximum absolute atomic E-state index is 11.8. The Morgan fingerprint density at radius 1 is 1.08 bits per heavy atom. The molecule has 6 heteroatoms. The summed E-state index contributed by atoms with van der Waals surface area (Å²) in [7, 11) is 1.57. The van der Waals surface area contributed by atoms with Gasteiger partial charge in [0.15, 0.2) is 11.5 Å². The highest BCUT2D eigenvalue weighted by Gasteiger charge is 2.26. The highest BCUT2D eigenvalue weighted by atomic mass is 16.6. The largest absolute Gasteiger partial charge is 0.493 e. The van der Waals surface area contributed by atoms with Crippen LogP contribution in [-0.2, 0) is 19.1 Å². The average molecular weight is 364 g/mol. The number of esters is 2. The molecule has 0 heterocycles. The summed E-state index contributed by atoms with van der Waals surface area (Å²) in [4.78, 5) is 23.5. The molecule has 0 saturated heterocycles. The van der Waals surface area contributed by atoms with E-state index in [1.54, 1.807) is 31.4 Å². The Morgan fingerprint density at radius 3 is 2.38 bits per heavy atom. The zero-order valence-corrected chi connectivity index (χ0v) is 16.2. The number of hydrogen-bond acceptors (Lipinski definition) is 6. The van der Waals surface area contributed by atoms with Gasteiger partial charge < -0.3 is 18.9 Å². The van der Waals surface area contributed by atoms with Crippen LogP contribution in [0.25, 0.3) is 6.08 Å². The van der Waals surface area contributed by atoms with Crippen LogP contribution in [-0.4, -0.2) is 38.9 Å². The molecule has 1 aromatic carbocycles. The van der Waals surface area contributed by atoms with Crippen LogP contribution >= 0.6 is 0 Å². The first-order valence-corrected chi connectivity index (χ1v) is 8.67. The summed E-state index contributed by atoms with van der Waals surface area (Å²) in [6.07, 6.45) is 3.62. The minimum Gasteiger partial charge on any atom is -0.493 e. The Morgan fingerprint density at radius 2 is 1.77 bits per heavy atom. The smallest absolute Gasteiger partial charge is 0.330 e. The van der Waals surface area contributed by atoms with Gasteiger partial charge in [-0.2, -0.15) is 0 Å². The predicted octanol–water partition coefficient (Wildman–Crippen LogP) is 3.63. The van der Waals surface area contributed by atoms with Crippen molar-refractivity contribution >= 4 is 18.0 Å². The van der Waals surface area contributed by atoms with E-state index in [2.05, 4.69) is 0 Å². The number of benzene rings is 1. The number of rotatable bonds is 10. The van der Waals surface area contributed by atoms with Gasteiger partial charge in [-0.15, -0.1) is 0 Å².